The number of aromatic hydroxyl groups is 1. The number of rotatable bonds is 2. The highest BCUT2D eigenvalue weighted by Crippen LogP contribution is 2.31. The van der Waals surface area contributed by atoms with E-state index in [0.29, 0.717) is 17.7 Å². The van der Waals surface area contributed by atoms with Crippen LogP contribution in [0.25, 0.3) is 10.9 Å². The van der Waals surface area contributed by atoms with E-state index >= 15 is 0 Å². The van der Waals surface area contributed by atoms with Crippen molar-refractivity contribution >= 4 is 16.9 Å². The first-order valence-electron chi connectivity index (χ1n) is 5.52. The highest BCUT2D eigenvalue weighted by atomic mass is 16.5. The molecule has 0 unspecified atom stereocenters. The van der Waals surface area contributed by atoms with Gasteiger partial charge in [0.15, 0.2) is 0 Å². The lowest BCUT2D eigenvalue weighted by Gasteiger charge is -2.01. The minimum Gasteiger partial charge on any atom is -0.506 e. The van der Waals surface area contributed by atoms with Gasteiger partial charge in [0.1, 0.15) is 5.75 Å². The minimum absolute atomic E-state index is 0.170. The average Bonchev–Trinajstić information content (AvgIpc) is 2.53. The van der Waals surface area contributed by atoms with Gasteiger partial charge in [-0.05, 0) is 19.9 Å². The summed E-state index contributed by atoms with van der Waals surface area (Å²) >= 11 is 0. The Labute approximate surface area is 99.4 Å². The van der Waals surface area contributed by atoms with E-state index in [1.165, 1.54) is 0 Å². The number of esters is 1. The van der Waals surface area contributed by atoms with Crippen LogP contribution in [0.5, 0.6) is 5.75 Å². The van der Waals surface area contributed by atoms with Crippen LogP contribution in [0.1, 0.15) is 23.0 Å². The smallest absolute Gasteiger partial charge is 0.340 e. The van der Waals surface area contributed by atoms with Crippen molar-refractivity contribution < 1.29 is 14.6 Å². The Kier molecular flexibility index (Phi) is 2.79. The molecule has 0 aliphatic rings. The lowest BCUT2D eigenvalue weighted by molar-refractivity contribution is 0.0527. The van der Waals surface area contributed by atoms with Crippen molar-refractivity contribution in [1.29, 1.82) is 0 Å². The molecular formula is C13H15NO3. The predicted molar refractivity (Wildman–Crippen MR) is 65.3 cm³/mol. The molecule has 4 heteroatoms. The zero-order valence-electron chi connectivity index (χ0n) is 10.2. The molecule has 0 amide bonds. The number of fused-ring (bicyclic) bond motifs is 1. The quantitative estimate of drug-likeness (QED) is 0.810. The largest absolute Gasteiger partial charge is 0.506 e. The minimum atomic E-state index is -0.346. The zero-order chi connectivity index (χ0) is 12.6. The molecule has 1 aromatic heterocycles. The third-order valence-electron chi connectivity index (χ3n) is 2.96. The Morgan fingerprint density at radius 2 is 2.18 bits per heavy atom. The van der Waals surface area contributed by atoms with Crippen LogP contribution in [0, 0.1) is 6.92 Å². The van der Waals surface area contributed by atoms with Gasteiger partial charge in [0.25, 0.3) is 0 Å². The first-order chi connectivity index (χ1) is 8.07. The molecule has 0 saturated heterocycles. The number of ether oxygens (including phenoxy) is 1. The van der Waals surface area contributed by atoms with E-state index < -0.39 is 0 Å². The summed E-state index contributed by atoms with van der Waals surface area (Å²) in [5, 5.41) is 10.6. The van der Waals surface area contributed by atoms with Crippen LogP contribution in [0.4, 0.5) is 0 Å². The van der Waals surface area contributed by atoms with Crippen LogP contribution < -0.4 is 0 Å². The number of phenolic OH excluding ortho intramolecular Hbond substituents is 1. The molecule has 0 bridgehead atoms. The fraction of sp³-hybridized carbons (Fsp3) is 0.308. The zero-order valence-corrected chi connectivity index (χ0v) is 10.2. The number of hydrogen-bond acceptors (Lipinski definition) is 3. The summed E-state index contributed by atoms with van der Waals surface area (Å²) in [6.45, 7) is 3.95. The number of carbonyl (C=O) groups is 1. The monoisotopic (exact) mass is 233 g/mol. The van der Waals surface area contributed by atoms with Gasteiger partial charge in [-0.25, -0.2) is 4.79 Å². The summed E-state index contributed by atoms with van der Waals surface area (Å²) in [6, 6.07) is 5.14. The van der Waals surface area contributed by atoms with Crippen molar-refractivity contribution in [1.82, 2.24) is 4.57 Å². The summed E-state index contributed by atoms with van der Waals surface area (Å²) in [6.07, 6.45) is 0. The summed E-state index contributed by atoms with van der Waals surface area (Å²) < 4.78 is 6.84. The van der Waals surface area contributed by atoms with E-state index in [2.05, 4.69) is 0 Å². The van der Waals surface area contributed by atoms with Crippen LogP contribution >= 0.6 is 0 Å². The van der Waals surface area contributed by atoms with Gasteiger partial charge in [-0.1, -0.05) is 12.1 Å². The summed E-state index contributed by atoms with van der Waals surface area (Å²) in [5.74, 6) is -0.176. The van der Waals surface area contributed by atoms with Crippen molar-refractivity contribution in [2.45, 2.75) is 13.8 Å². The number of phenols is 1. The molecule has 0 atom stereocenters. The molecule has 0 spiro atoms. The summed E-state index contributed by atoms with van der Waals surface area (Å²) in [7, 11) is 1.82. The molecule has 2 aromatic rings. The number of hydrogen-bond donors (Lipinski definition) is 1. The second-order valence-electron chi connectivity index (χ2n) is 3.91. The molecule has 1 heterocycles. The van der Waals surface area contributed by atoms with Gasteiger partial charge in [0.05, 0.1) is 17.7 Å². The Balaban J connectivity index is 2.76. The Bertz CT molecular complexity index is 584. The fourth-order valence-corrected chi connectivity index (χ4v) is 2.08. The van der Waals surface area contributed by atoms with E-state index in [-0.39, 0.29) is 11.7 Å². The van der Waals surface area contributed by atoms with E-state index in [4.69, 9.17) is 4.74 Å². The van der Waals surface area contributed by atoms with Gasteiger partial charge in [-0.2, -0.15) is 0 Å². The van der Waals surface area contributed by atoms with Gasteiger partial charge < -0.3 is 14.4 Å². The third-order valence-corrected chi connectivity index (χ3v) is 2.96. The Morgan fingerprint density at radius 3 is 2.82 bits per heavy atom. The van der Waals surface area contributed by atoms with Crippen molar-refractivity contribution in [3.63, 3.8) is 0 Å². The maximum atomic E-state index is 11.9. The first kappa shape index (κ1) is 11.5. The first-order valence-corrected chi connectivity index (χ1v) is 5.52. The van der Waals surface area contributed by atoms with E-state index in [1.54, 1.807) is 23.6 Å². The molecular weight excluding hydrogens is 218 g/mol. The number of benzene rings is 1. The lowest BCUT2D eigenvalue weighted by Crippen LogP contribution is -2.06. The summed E-state index contributed by atoms with van der Waals surface area (Å²) in [4.78, 5) is 11.9. The van der Waals surface area contributed by atoms with Gasteiger partial charge in [-0.15, -0.1) is 0 Å². The Morgan fingerprint density at radius 1 is 1.47 bits per heavy atom. The topological polar surface area (TPSA) is 51.5 Å². The number of nitrogens with zero attached hydrogens (tertiary/aromatic N) is 1. The highest BCUT2D eigenvalue weighted by Gasteiger charge is 2.20. The van der Waals surface area contributed by atoms with Crippen LogP contribution in [0.3, 0.4) is 0 Å². The molecule has 2 rings (SSSR count). The number of aromatic nitrogens is 1. The maximum Gasteiger partial charge on any atom is 0.340 e. The second-order valence-corrected chi connectivity index (χ2v) is 3.91. The van der Waals surface area contributed by atoms with Crippen LogP contribution in [-0.4, -0.2) is 22.2 Å². The molecule has 0 aliphatic heterocycles. The molecule has 90 valence electrons. The summed E-state index contributed by atoms with van der Waals surface area (Å²) in [5.41, 5.74) is 1.98. The second kappa shape index (κ2) is 4.13. The van der Waals surface area contributed by atoms with Crippen molar-refractivity contribution in [2.75, 3.05) is 6.61 Å². The van der Waals surface area contributed by atoms with Crippen LogP contribution in [0.15, 0.2) is 18.2 Å². The number of aryl methyl sites for hydroxylation is 1. The van der Waals surface area contributed by atoms with E-state index in [0.717, 1.165) is 11.1 Å². The van der Waals surface area contributed by atoms with Crippen molar-refractivity contribution in [3.05, 3.63) is 29.5 Å². The predicted octanol–water partition coefficient (Wildman–Crippen LogP) is 2.37. The standard InChI is InChI=1S/C13H15NO3/c1-4-17-13(16)11-8(2)14(3)12-9(11)6-5-7-10(12)15/h5-7,15H,4H2,1-3H3. The molecule has 0 saturated carbocycles. The van der Waals surface area contributed by atoms with E-state index in [1.807, 2.05) is 20.0 Å². The fourth-order valence-electron chi connectivity index (χ4n) is 2.08. The molecule has 0 radical (unpaired) electrons. The van der Waals surface area contributed by atoms with Gasteiger partial charge in [0, 0.05) is 18.1 Å². The highest BCUT2D eigenvalue weighted by molar-refractivity contribution is 6.07. The van der Waals surface area contributed by atoms with Crippen molar-refractivity contribution in [2.24, 2.45) is 7.05 Å². The lowest BCUT2D eigenvalue weighted by atomic mass is 10.1. The SMILES string of the molecule is CCOC(=O)c1c(C)n(C)c2c(O)cccc12. The maximum absolute atomic E-state index is 11.9. The average molecular weight is 233 g/mol. The molecule has 1 aromatic carbocycles. The van der Waals surface area contributed by atoms with Gasteiger partial charge in [0.2, 0.25) is 0 Å². The molecule has 0 aliphatic carbocycles. The molecule has 0 fully saturated rings. The van der Waals surface area contributed by atoms with Gasteiger partial charge in [-0.3, -0.25) is 0 Å². The van der Waals surface area contributed by atoms with Crippen LogP contribution in [0.2, 0.25) is 0 Å². The normalized spacial score (nSPS) is 10.8. The number of para-hydroxylation sites is 1. The van der Waals surface area contributed by atoms with Crippen LogP contribution in [-0.2, 0) is 11.8 Å². The Hall–Kier alpha value is -1.97. The molecule has 1 N–H and O–H groups in total. The van der Waals surface area contributed by atoms with Gasteiger partial charge >= 0.3 is 5.97 Å². The van der Waals surface area contributed by atoms with Crippen molar-refractivity contribution in [3.8, 4) is 5.75 Å². The third kappa shape index (κ3) is 1.65. The number of carbonyl (C=O) groups excluding carboxylic acids is 1. The molecule has 4 nitrogen and oxygen atoms in total. The molecule has 17 heavy (non-hydrogen) atoms. The van der Waals surface area contributed by atoms with E-state index in [9.17, 15) is 9.90 Å².